The van der Waals surface area contributed by atoms with E-state index in [1.54, 1.807) is 0 Å². The highest BCUT2D eigenvalue weighted by Crippen LogP contribution is 2.43. The van der Waals surface area contributed by atoms with Gasteiger partial charge in [-0.05, 0) is 44.9 Å². The molecule has 10 heteroatoms. The number of aliphatic hydroxyl groups is 2. The molecule has 0 saturated heterocycles. The van der Waals surface area contributed by atoms with Gasteiger partial charge in [-0.2, -0.15) is 0 Å². The van der Waals surface area contributed by atoms with E-state index in [2.05, 4.69) is 38.2 Å². The Morgan fingerprint density at radius 2 is 1.00 bits per heavy atom. The predicted molar refractivity (Wildman–Crippen MR) is 224 cm³/mol. The standard InChI is InChI=1S/C44H85O9P/c1-3-5-7-9-11-13-15-17-19-20-21-23-25-27-29-31-33-35-37-50-40-43(41-52-54(48,49)51-39-42(46)38-45)53-44(47)36-34-32-30-28-26-24-22-18-16-14-12-10-8-6-4-2/h12,14,18,22,42-43,45-46H,3-11,13,15-17,19-21,23-41H2,1-2H3,(H,48,49)/b14-12-,22-18-/t42-,43+/m0/s1. The van der Waals surface area contributed by atoms with Gasteiger partial charge in [0.05, 0.1) is 26.4 Å². The van der Waals surface area contributed by atoms with Crippen LogP contribution in [-0.2, 0) is 27.9 Å². The second-order valence-corrected chi connectivity index (χ2v) is 16.5. The van der Waals surface area contributed by atoms with Gasteiger partial charge in [-0.25, -0.2) is 4.57 Å². The summed E-state index contributed by atoms with van der Waals surface area (Å²) in [6.07, 6.45) is 42.8. The molecule has 0 aromatic rings. The Bertz CT molecular complexity index is 897. The molecule has 0 aliphatic heterocycles. The van der Waals surface area contributed by atoms with E-state index in [1.165, 1.54) is 128 Å². The fraction of sp³-hybridized carbons (Fsp3) is 0.886. The number of allylic oxidation sites excluding steroid dienone is 4. The molecule has 0 aromatic heterocycles. The first-order chi connectivity index (χ1) is 26.3. The number of ether oxygens (including phenoxy) is 2. The summed E-state index contributed by atoms with van der Waals surface area (Å²) >= 11 is 0. The monoisotopic (exact) mass is 789 g/mol. The second kappa shape index (κ2) is 41.6. The van der Waals surface area contributed by atoms with Crippen LogP contribution in [0.3, 0.4) is 0 Å². The third-order valence-corrected chi connectivity index (χ3v) is 10.6. The zero-order valence-electron chi connectivity index (χ0n) is 35.0. The number of unbranched alkanes of at least 4 members (excludes halogenated alkanes) is 25. The quantitative estimate of drug-likeness (QED) is 0.0239. The molecule has 0 rings (SSSR count). The highest BCUT2D eigenvalue weighted by molar-refractivity contribution is 7.47. The number of esters is 1. The third kappa shape index (κ3) is 40.6. The number of carbonyl (C=O) groups is 1. The lowest BCUT2D eigenvalue weighted by molar-refractivity contribution is -0.154. The van der Waals surface area contributed by atoms with Gasteiger partial charge in [0.25, 0.3) is 0 Å². The summed E-state index contributed by atoms with van der Waals surface area (Å²) in [6, 6.07) is 0. The van der Waals surface area contributed by atoms with Crippen molar-refractivity contribution in [2.75, 3.05) is 33.0 Å². The molecule has 0 spiro atoms. The minimum Gasteiger partial charge on any atom is -0.457 e. The van der Waals surface area contributed by atoms with Crippen LogP contribution in [0.15, 0.2) is 24.3 Å². The first-order valence-corrected chi connectivity index (χ1v) is 23.8. The molecule has 1 unspecified atom stereocenters. The van der Waals surface area contributed by atoms with Gasteiger partial charge in [0.2, 0.25) is 0 Å². The van der Waals surface area contributed by atoms with E-state index in [0.717, 1.165) is 51.4 Å². The number of rotatable bonds is 43. The molecule has 0 amide bonds. The normalized spacial score (nSPS) is 14.2. The van der Waals surface area contributed by atoms with E-state index in [4.69, 9.17) is 23.6 Å². The summed E-state index contributed by atoms with van der Waals surface area (Å²) < 4.78 is 33.4. The largest absolute Gasteiger partial charge is 0.472 e. The fourth-order valence-corrected chi connectivity index (χ4v) is 7.00. The maximum atomic E-state index is 12.6. The maximum Gasteiger partial charge on any atom is 0.472 e. The zero-order chi connectivity index (χ0) is 39.6. The minimum atomic E-state index is -4.52. The molecule has 0 heterocycles. The van der Waals surface area contributed by atoms with E-state index in [0.29, 0.717) is 13.0 Å². The van der Waals surface area contributed by atoms with E-state index in [-0.39, 0.29) is 19.6 Å². The molecule has 0 aliphatic carbocycles. The van der Waals surface area contributed by atoms with Crippen LogP contribution >= 0.6 is 7.82 Å². The third-order valence-electron chi connectivity index (χ3n) is 9.64. The van der Waals surface area contributed by atoms with Crippen molar-refractivity contribution in [2.45, 2.75) is 219 Å². The molecule has 54 heavy (non-hydrogen) atoms. The Balaban J connectivity index is 4.14. The Morgan fingerprint density at radius 3 is 1.52 bits per heavy atom. The highest BCUT2D eigenvalue weighted by Gasteiger charge is 2.26. The van der Waals surface area contributed by atoms with Crippen LogP contribution < -0.4 is 0 Å². The Hall–Kier alpha value is -1.06. The summed E-state index contributed by atoms with van der Waals surface area (Å²) in [6.45, 7) is 3.51. The van der Waals surface area contributed by atoms with Crippen LogP contribution in [0.4, 0.5) is 0 Å². The number of phosphoric acid groups is 1. The molecule has 0 bridgehead atoms. The van der Waals surface area contributed by atoms with E-state index in [1.807, 2.05) is 0 Å². The Labute approximate surface area is 332 Å². The average Bonchev–Trinajstić information content (AvgIpc) is 3.16. The lowest BCUT2D eigenvalue weighted by Gasteiger charge is -2.20. The van der Waals surface area contributed by atoms with E-state index < -0.39 is 39.2 Å². The smallest absolute Gasteiger partial charge is 0.457 e. The lowest BCUT2D eigenvalue weighted by atomic mass is 10.0. The molecule has 320 valence electrons. The van der Waals surface area contributed by atoms with Crippen LogP contribution in [-0.4, -0.2) is 66.3 Å². The molecule has 9 nitrogen and oxygen atoms in total. The first-order valence-electron chi connectivity index (χ1n) is 22.3. The lowest BCUT2D eigenvalue weighted by Crippen LogP contribution is -2.29. The van der Waals surface area contributed by atoms with Crippen molar-refractivity contribution in [3.63, 3.8) is 0 Å². The molecule has 0 fully saturated rings. The minimum absolute atomic E-state index is 0.0477. The van der Waals surface area contributed by atoms with Crippen molar-refractivity contribution in [1.29, 1.82) is 0 Å². The van der Waals surface area contributed by atoms with Gasteiger partial charge in [-0.15, -0.1) is 0 Å². The summed E-state index contributed by atoms with van der Waals surface area (Å²) in [4.78, 5) is 22.6. The van der Waals surface area contributed by atoms with Crippen LogP contribution in [0.1, 0.15) is 206 Å². The molecule has 0 aliphatic rings. The highest BCUT2D eigenvalue weighted by atomic mass is 31.2. The maximum absolute atomic E-state index is 12.6. The molecule has 3 atom stereocenters. The molecule has 3 N–H and O–H groups in total. The molecular formula is C44H85O9P. The number of hydrogen-bond donors (Lipinski definition) is 3. The van der Waals surface area contributed by atoms with Crippen LogP contribution in [0.25, 0.3) is 0 Å². The predicted octanol–water partition coefficient (Wildman–Crippen LogP) is 12.3. The summed E-state index contributed by atoms with van der Waals surface area (Å²) in [5.74, 6) is -0.393. The fourth-order valence-electron chi connectivity index (χ4n) is 6.21. The Morgan fingerprint density at radius 1 is 0.574 bits per heavy atom. The van der Waals surface area contributed by atoms with E-state index >= 15 is 0 Å². The van der Waals surface area contributed by atoms with Crippen LogP contribution in [0, 0.1) is 0 Å². The first kappa shape index (κ1) is 52.9. The molecule has 0 radical (unpaired) electrons. The average molecular weight is 789 g/mol. The van der Waals surface area contributed by atoms with Gasteiger partial charge in [0.15, 0.2) is 0 Å². The molecule has 0 aromatic carbocycles. The number of aliphatic hydroxyl groups excluding tert-OH is 2. The van der Waals surface area contributed by atoms with Gasteiger partial charge in [-0.3, -0.25) is 13.8 Å². The van der Waals surface area contributed by atoms with Crippen molar-refractivity contribution in [1.82, 2.24) is 0 Å². The van der Waals surface area contributed by atoms with Gasteiger partial charge >= 0.3 is 13.8 Å². The SMILES string of the molecule is CCCCC/C=C\C/C=C\CCCCCCCC(=O)O[C@H](COCCCCCCCCCCCCCCCCCCCC)COP(=O)(O)OC[C@@H](O)CO. The van der Waals surface area contributed by atoms with Crippen molar-refractivity contribution in [2.24, 2.45) is 0 Å². The van der Waals surface area contributed by atoms with Gasteiger partial charge in [0.1, 0.15) is 12.2 Å². The summed E-state index contributed by atoms with van der Waals surface area (Å²) in [5.41, 5.74) is 0. The van der Waals surface area contributed by atoms with Gasteiger partial charge < -0.3 is 24.6 Å². The van der Waals surface area contributed by atoms with E-state index in [9.17, 15) is 19.4 Å². The zero-order valence-corrected chi connectivity index (χ0v) is 35.8. The van der Waals surface area contributed by atoms with Crippen molar-refractivity contribution in [3.8, 4) is 0 Å². The number of hydrogen-bond acceptors (Lipinski definition) is 8. The van der Waals surface area contributed by atoms with Gasteiger partial charge in [0, 0.05) is 13.0 Å². The topological polar surface area (TPSA) is 132 Å². The number of phosphoric ester groups is 1. The Kier molecular flexibility index (Phi) is 40.8. The molecular weight excluding hydrogens is 703 g/mol. The van der Waals surface area contributed by atoms with Crippen molar-refractivity contribution >= 4 is 13.8 Å². The molecule has 0 saturated carbocycles. The van der Waals surface area contributed by atoms with Crippen LogP contribution in [0.2, 0.25) is 0 Å². The van der Waals surface area contributed by atoms with Crippen molar-refractivity contribution < 1.29 is 43.0 Å². The summed E-state index contributed by atoms with van der Waals surface area (Å²) in [5, 5.41) is 18.3. The van der Waals surface area contributed by atoms with Crippen LogP contribution in [0.5, 0.6) is 0 Å². The van der Waals surface area contributed by atoms with Gasteiger partial charge in [-0.1, -0.05) is 179 Å². The number of carbonyl (C=O) groups excluding carboxylic acids is 1. The van der Waals surface area contributed by atoms with Crippen molar-refractivity contribution in [3.05, 3.63) is 24.3 Å². The summed E-state index contributed by atoms with van der Waals surface area (Å²) in [7, 11) is -4.52. The second-order valence-electron chi connectivity index (χ2n) is 15.1.